The van der Waals surface area contributed by atoms with Crippen LogP contribution in [0.25, 0.3) is 0 Å². The van der Waals surface area contributed by atoms with Gasteiger partial charge in [-0.2, -0.15) is 0 Å². The smallest absolute Gasteiger partial charge is 0.234 e. The topological polar surface area (TPSA) is 102 Å². The summed E-state index contributed by atoms with van der Waals surface area (Å²) in [4.78, 5) is 0.532. The highest BCUT2D eigenvalue weighted by molar-refractivity contribution is 7.67. The van der Waals surface area contributed by atoms with Crippen LogP contribution in [0.5, 0.6) is 11.8 Å². The van der Waals surface area contributed by atoms with Crippen molar-refractivity contribution in [3.05, 3.63) is 35.6 Å². The number of hydrogen-bond donors (Lipinski definition) is 2. The molecule has 0 aromatic carbocycles. The summed E-state index contributed by atoms with van der Waals surface area (Å²) in [7, 11) is 0. The van der Waals surface area contributed by atoms with E-state index in [0.717, 1.165) is 5.57 Å². The van der Waals surface area contributed by atoms with Crippen LogP contribution in [0.2, 0.25) is 0 Å². The number of aromatic hydroxyl groups is 1. The summed E-state index contributed by atoms with van der Waals surface area (Å²) >= 11 is 0.368. The molecule has 25 heavy (non-hydrogen) atoms. The predicted molar refractivity (Wildman–Crippen MR) is 92.4 cm³/mol. The van der Waals surface area contributed by atoms with Crippen molar-refractivity contribution in [2.45, 2.75) is 45.0 Å². The summed E-state index contributed by atoms with van der Waals surface area (Å²) in [5, 5.41) is 27.8. The van der Waals surface area contributed by atoms with Gasteiger partial charge in [0.05, 0.1) is 22.0 Å². The van der Waals surface area contributed by atoms with Crippen molar-refractivity contribution in [3.63, 3.8) is 0 Å². The molecule has 2 N–H and O–H groups in total. The van der Waals surface area contributed by atoms with Crippen molar-refractivity contribution < 1.29 is 23.9 Å². The van der Waals surface area contributed by atoms with E-state index in [2.05, 4.69) is 10.2 Å². The van der Waals surface area contributed by atoms with Crippen LogP contribution in [0.1, 0.15) is 27.7 Å². The standard InChI is InChI=1S/C17H20N2O5S/c1-9-5-6-10-13(14(9)25-22)15(17(4,21)16(2,3)24-10)23-12-8-7-11(20)18-19-12/h5-8,13,15,21H,1-4H3,(H,18,20). The first-order valence-electron chi connectivity index (χ1n) is 7.83. The van der Waals surface area contributed by atoms with E-state index in [4.69, 9.17) is 9.47 Å². The third-order valence-electron chi connectivity index (χ3n) is 4.89. The van der Waals surface area contributed by atoms with Gasteiger partial charge < -0.3 is 19.7 Å². The van der Waals surface area contributed by atoms with Gasteiger partial charge in [-0.3, -0.25) is 0 Å². The molecule has 0 saturated carbocycles. The second-order valence-electron chi connectivity index (χ2n) is 6.87. The fourth-order valence-corrected chi connectivity index (χ4v) is 3.57. The molecule has 1 aliphatic carbocycles. The summed E-state index contributed by atoms with van der Waals surface area (Å²) < 4.78 is 23.7. The van der Waals surface area contributed by atoms with E-state index in [1.54, 1.807) is 26.8 Å². The Morgan fingerprint density at radius 1 is 1.24 bits per heavy atom. The molecule has 134 valence electrons. The van der Waals surface area contributed by atoms with Crippen molar-refractivity contribution >= 4 is 16.1 Å². The van der Waals surface area contributed by atoms with Gasteiger partial charge in [0.15, 0.2) is 0 Å². The zero-order valence-corrected chi connectivity index (χ0v) is 15.2. The van der Waals surface area contributed by atoms with Crippen LogP contribution in [0.4, 0.5) is 0 Å². The van der Waals surface area contributed by atoms with Gasteiger partial charge in [0.1, 0.15) is 23.1 Å². The van der Waals surface area contributed by atoms with Gasteiger partial charge in [0.25, 0.3) is 0 Å². The molecule has 0 amide bonds. The number of hydrogen-bond acceptors (Lipinski definition) is 7. The fraction of sp³-hybridized carbons (Fsp3) is 0.471. The summed E-state index contributed by atoms with van der Waals surface area (Å²) in [6, 6.07) is 2.80. The third-order valence-corrected chi connectivity index (χ3v) is 5.64. The van der Waals surface area contributed by atoms with E-state index in [9.17, 15) is 14.4 Å². The summed E-state index contributed by atoms with van der Waals surface area (Å²) in [6.07, 6.45) is 2.80. The van der Waals surface area contributed by atoms with Gasteiger partial charge in [0, 0.05) is 12.1 Å². The Balaban J connectivity index is 2.09. The molecule has 0 bridgehead atoms. The summed E-state index contributed by atoms with van der Waals surface area (Å²) in [6.45, 7) is 6.97. The van der Waals surface area contributed by atoms with E-state index in [1.165, 1.54) is 12.1 Å². The summed E-state index contributed by atoms with van der Waals surface area (Å²) in [5.74, 6) is -0.0725. The zero-order chi connectivity index (χ0) is 18.4. The maximum atomic E-state index is 11.7. The molecule has 1 saturated heterocycles. The quantitative estimate of drug-likeness (QED) is 0.764. The van der Waals surface area contributed by atoms with Crippen LogP contribution < -0.4 is 4.74 Å². The first kappa shape index (κ1) is 17.6. The number of fused-ring (bicyclic) bond motifs is 1. The largest absolute Gasteiger partial charge is 0.492 e. The molecule has 2 aliphatic rings. The van der Waals surface area contributed by atoms with Gasteiger partial charge in [-0.05, 0) is 39.3 Å². The van der Waals surface area contributed by atoms with Crippen molar-refractivity contribution in [3.8, 4) is 11.8 Å². The van der Waals surface area contributed by atoms with Gasteiger partial charge >= 0.3 is 0 Å². The minimum Gasteiger partial charge on any atom is -0.492 e. The Kier molecular flexibility index (Phi) is 4.20. The van der Waals surface area contributed by atoms with Crippen molar-refractivity contribution in [2.75, 3.05) is 0 Å². The fourth-order valence-electron chi connectivity index (χ4n) is 3.02. The average molecular weight is 364 g/mol. The van der Waals surface area contributed by atoms with Crippen LogP contribution >= 0.6 is 0 Å². The van der Waals surface area contributed by atoms with E-state index < -0.39 is 23.2 Å². The lowest BCUT2D eigenvalue weighted by Gasteiger charge is -2.52. The van der Waals surface area contributed by atoms with Gasteiger partial charge in [-0.1, -0.05) is 6.08 Å². The zero-order valence-electron chi connectivity index (χ0n) is 14.4. The highest BCUT2D eigenvalue weighted by atomic mass is 32.1. The molecule has 1 aliphatic heterocycles. The maximum Gasteiger partial charge on any atom is 0.234 e. The highest BCUT2D eigenvalue weighted by Crippen LogP contribution is 2.46. The van der Waals surface area contributed by atoms with Gasteiger partial charge in [-0.15, -0.1) is 10.2 Å². The minimum atomic E-state index is -1.42. The number of allylic oxidation sites excluding steroid dienone is 3. The molecular weight excluding hydrogens is 344 g/mol. The lowest BCUT2D eigenvalue weighted by atomic mass is 9.71. The molecule has 1 fully saturated rings. The van der Waals surface area contributed by atoms with Crippen molar-refractivity contribution in [1.82, 2.24) is 10.2 Å². The molecule has 7 nitrogen and oxygen atoms in total. The normalized spacial score (nSPS) is 30.5. The Hall–Kier alpha value is -2.19. The highest BCUT2D eigenvalue weighted by Gasteiger charge is 2.59. The Morgan fingerprint density at radius 3 is 2.56 bits per heavy atom. The number of aliphatic hydroxyl groups is 1. The first-order chi connectivity index (χ1) is 11.7. The van der Waals surface area contributed by atoms with Crippen LogP contribution in [0.15, 0.2) is 35.6 Å². The van der Waals surface area contributed by atoms with Gasteiger partial charge in [0.2, 0.25) is 11.8 Å². The minimum absolute atomic E-state index is 0.141. The predicted octanol–water partition coefficient (Wildman–Crippen LogP) is 1.33. The van der Waals surface area contributed by atoms with Crippen LogP contribution in [-0.2, 0) is 16.0 Å². The molecule has 3 atom stereocenters. The van der Waals surface area contributed by atoms with E-state index >= 15 is 0 Å². The van der Waals surface area contributed by atoms with E-state index in [1.807, 2.05) is 13.0 Å². The summed E-state index contributed by atoms with van der Waals surface area (Å²) in [5.41, 5.74) is -1.58. The van der Waals surface area contributed by atoms with Crippen LogP contribution in [0.3, 0.4) is 0 Å². The molecule has 8 heteroatoms. The van der Waals surface area contributed by atoms with E-state index in [-0.39, 0.29) is 11.8 Å². The Labute approximate surface area is 149 Å². The number of aromatic nitrogens is 2. The van der Waals surface area contributed by atoms with Crippen LogP contribution in [-0.4, -0.2) is 46.8 Å². The third kappa shape index (κ3) is 2.85. The Morgan fingerprint density at radius 2 is 1.96 bits per heavy atom. The molecule has 0 spiro atoms. The average Bonchev–Trinajstić information content (AvgIpc) is 2.54. The van der Waals surface area contributed by atoms with Crippen molar-refractivity contribution in [2.24, 2.45) is 5.92 Å². The van der Waals surface area contributed by atoms with Gasteiger partial charge in [-0.25, -0.2) is 4.21 Å². The molecule has 2 heterocycles. The Bertz CT molecular complexity index is 807. The molecule has 1 aromatic rings. The monoisotopic (exact) mass is 364 g/mol. The van der Waals surface area contributed by atoms with E-state index in [0.29, 0.717) is 21.9 Å². The molecule has 1 aromatic heterocycles. The van der Waals surface area contributed by atoms with Crippen LogP contribution in [0, 0.1) is 5.92 Å². The molecular formula is C17H20N2O5S. The lowest BCUT2D eigenvalue weighted by molar-refractivity contribution is -0.216. The first-order valence-corrected chi connectivity index (χ1v) is 8.58. The lowest BCUT2D eigenvalue weighted by Crippen LogP contribution is -2.66. The number of nitrogens with zero attached hydrogens (tertiary/aromatic N) is 2. The molecule has 3 rings (SSSR count). The molecule has 3 unspecified atom stereocenters. The maximum absolute atomic E-state index is 11.7. The number of ether oxygens (including phenoxy) is 2. The second kappa shape index (κ2) is 5.96. The second-order valence-corrected chi connectivity index (χ2v) is 7.48. The van der Waals surface area contributed by atoms with Crippen molar-refractivity contribution in [1.29, 1.82) is 0 Å². The molecule has 0 radical (unpaired) electrons. The SMILES string of the molecule is CC1=CC=C2OC(C)(C)C(C)(O)C(Oc3ccc(O)nn3)C2C1=S=O. The number of rotatable bonds is 2.